The van der Waals surface area contributed by atoms with Crippen LogP contribution in [0, 0.1) is 5.82 Å². The number of hydrogen-bond donors (Lipinski definition) is 2. The molecule has 1 unspecified atom stereocenters. The van der Waals surface area contributed by atoms with Gasteiger partial charge in [-0.2, -0.15) is 0 Å². The third-order valence-corrected chi connectivity index (χ3v) is 3.89. The lowest BCUT2D eigenvalue weighted by Gasteiger charge is -2.23. The van der Waals surface area contributed by atoms with Crippen molar-refractivity contribution in [3.8, 4) is 5.75 Å². The summed E-state index contributed by atoms with van der Waals surface area (Å²) in [6.45, 7) is 5.17. The monoisotopic (exact) mass is 349 g/mol. The van der Waals surface area contributed by atoms with Crippen LogP contribution in [-0.2, 0) is 11.2 Å². The Hall–Kier alpha value is -1.56. The minimum atomic E-state index is -0.175. The van der Waals surface area contributed by atoms with Crippen molar-refractivity contribution in [3.63, 3.8) is 0 Å². The molecule has 1 heterocycles. The van der Waals surface area contributed by atoms with Crippen molar-refractivity contribution in [2.24, 2.45) is 0 Å². The molecule has 1 N–H and O–H groups in total. The predicted octanol–water partition coefficient (Wildman–Crippen LogP) is 3.73. The maximum Gasteiger partial charge on any atom is 0.132 e. The van der Waals surface area contributed by atoms with Crippen LogP contribution in [0.3, 0.4) is 0 Å². The van der Waals surface area contributed by atoms with Crippen LogP contribution in [0.4, 0.5) is 4.39 Å². The standard InChI is InChI=1S/C11H14FNO.C8H10OS/c12-10-3-1-2-9(6-10)7-11-8-13-4-5-14-11;1-2-9-7-5-3-4-6-8(7)10/h1-3,6,11,13H,4-5,7-8H2;3-6,10H,2H2,1H3. The molecule has 3 rings (SSSR count). The molecule has 1 atom stereocenters. The first-order chi connectivity index (χ1) is 11.7. The highest BCUT2D eigenvalue weighted by Crippen LogP contribution is 2.20. The van der Waals surface area contributed by atoms with Crippen LogP contribution in [-0.4, -0.2) is 32.4 Å². The summed E-state index contributed by atoms with van der Waals surface area (Å²) in [5.41, 5.74) is 0.999. The number of halogens is 1. The van der Waals surface area contributed by atoms with Gasteiger partial charge >= 0.3 is 0 Å². The zero-order valence-corrected chi connectivity index (χ0v) is 14.8. The maximum atomic E-state index is 12.9. The largest absolute Gasteiger partial charge is 0.493 e. The molecule has 3 nitrogen and oxygen atoms in total. The lowest BCUT2D eigenvalue weighted by molar-refractivity contribution is 0.0292. The van der Waals surface area contributed by atoms with Crippen molar-refractivity contribution in [3.05, 3.63) is 59.9 Å². The van der Waals surface area contributed by atoms with E-state index in [0.29, 0.717) is 6.61 Å². The molecule has 1 saturated heterocycles. The first-order valence-corrected chi connectivity index (χ1v) is 8.61. The van der Waals surface area contributed by atoms with Gasteiger partial charge in [0, 0.05) is 18.0 Å². The molecule has 0 amide bonds. The van der Waals surface area contributed by atoms with Crippen molar-refractivity contribution in [2.45, 2.75) is 24.3 Å². The van der Waals surface area contributed by atoms with E-state index in [0.717, 1.165) is 42.3 Å². The van der Waals surface area contributed by atoms with Crippen LogP contribution in [0.5, 0.6) is 5.75 Å². The highest BCUT2D eigenvalue weighted by molar-refractivity contribution is 7.80. The molecule has 2 aromatic rings. The van der Waals surface area contributed by atoms with Gasteiger partial charge < -0.3 is 14.8 Å². The van der Waals surface area contributed by atoms with Crippen LogP contribution in [0.25, 0.3) is 0 Å². The van der Waals surface area contributed by atoms with Gasteiger partial charge in [-0.1, -0.05) is 24.3 Å². The van der Waals surface area contributed by atoms with Crippen LogP contribution in [0.15, 0.2) is 53.4 Å². The molecule has 1 aliphatic heterocycles. The molecule has 0 saturated carbocycles. The van der Waals surface area contributed by atoms with E-state index in [4.69, 9.17) is 9.47 Å². The van der Waals surface area contributed by atoms with E-state index in [1.807, 2.05) is 37.3 Å². The van der Waals surface area contributed by atoms with E-state index < -0.39 is 0 Å². The lowest BCUT2D eigenvalue weighted by Crippen LogP contribution is -2.39. The molecule has 0 spiro atoms. The zero-order valence-electron chi connectivity index (χ0n) is 13.9. The van der Waals surface area contributed by atoms with E-state index in [9.17, 15) is 4.39 Å². The van der Waals surface area contributed by atoms with Gasteiger partial charge in [0.15, 0.2) is 0 Å². The van der Waals surface area contributed by atoms with Crippen molar-refractivity contribution in [1.82, 2.24) is 5.32 Å². The molecule has 5 heteroatoms. The summed E-state index contributed by atoms with van der Waals surface area (Å²) in [5, 5.41) is 3.25. The first-order valence-electron chi connectivity index (χ1n) is 8.16. The van der Waals surface area contributed by atoms with Gasteiger partial charge in [-0.25, -0.2) is 4.39 Å². The third-order valence-electron chi connectivity index (χ3n) is 3.52. The Morgan fingerprint density at radius 3 is 2.75 bits per heavy atom. The molecule has 0 aromatic heterocycles. The van der Waals surface area contributed by atoms with E-state index in [1.165, 1.54) is 6.07 Å². The van der Waals surface area contributed by atoms with Crippen molar-refractivity contribution in [2.75, 3.05) is 26.3 Å². The second-order valence-electron chi connectivity index (χ2n) is 5.43. The van der Waals surface area contributed by atoms with Gasteiger partial charge in [0.1, 0.15) is 11.6 Å². The predicted molar refractivity (Wildman–Crippen MR) is 97.6 cm³/mol. The van der Waals surface area contributed by atoms with Crippen molar-refractivity contribution < 1.29 is 13.9 Å². The second-order valence-corrected chi connectivity index (χ2v) is 5.91. The molecule has 1 fully saturated rings. The Balaban J connectivity index is 0.000000185. The summed E-state index contributed by atoms with van der Waals surface area (Å²) < 4.78 is 23.7. The number of nitrogens with one attached hydrogen (secondary N) is 1. The SMILES string of the molecule is CCOc1ccccc1S.Fc1cccc(CC2CNCCO2)c1. The molecule has 130 valence electrons. The Labute approximate surface area is 148 Å². The van der Waals surface area contributed by atoms with E-state index in [-0.39, 0.29) is 11.9 Å². The minimum absolute atomic E-state index is 0.175. The molecular formula is C19H24FNO2S. The highest BCUT2D eigenvalue weighted by Gasteiger charge is 2.13. The average molecular weight is 349 g/mol. The van der Waals surface area contributed by atoms with E-state index >= 15 is 0 Å². The van der Waals surface area contributed by atoms with E-state index in [2.05, 4.69) is 17.9 Å². The number of morpholine rings is 1. The molecular weight excluding hydrogens is 325 g/mol. The van der Waals surface area contributed by atoms with Crippen LogP contribution < -0.4 is 10.1 Å². The van der Waals surface area contributed by atoms with Gasteiger partial charge in [-0.3, -0.25) is 0 Å². The molecule has 0 bridgehead atoms. The molecule has 1 aliphatic rings. The third kappa shape index (κ3) is 6.51. The summed E-state index contributed by atoms with van der Waals surface area (Å²) in [6, 6.07) is 14.4. The maximum absolute atomic E-state index is 12.9. The van der Waals surface area contributed by atoms with Gasteiger partial charge in [-0.15, -0.1) is 12.6 Å². The Bertz CT molecular complexity index is 618. The van der Waals surface area contributed by atoms with E-state index in [1.54, 1.807) is 12.1 Å². The molecule has 0 aliphatic carbocycles. The molecule has 2 aromatic carbocycles. The van der Waals surface area contributed by atoms with Crippen molar-refractivity contribution >= 4 is 12.6 Å². The summed E-state index contributed by atoms with van der Waals surface area (Å²) in [6.07, 6.45) is 0.968. The minimum Gasteiger partial charge on any atom is -0.493 e. The number of thiol groups is 1. The Morgan fingerprint density at radius 1 is 1.25 bits per heavy atom. The highest BCUT2D eigenvalue weighted by atomic mass is 32.1. The lowest BCUT2D eigenvalue weighted by atomic mass is 10.1. The average Bonchev–Trinajstić information content (AvgIpc) is 2.59. The number of hydrogen-bond acceptors (Lipinski definition) is 4. The smallest absolute Gasteiger partial charge is 0.132 e. The number of rotatable bonds is 4. The second kappa shape index (κ2) is 10.3. The number of para-hydroxylation sites is 1. The fourth-order valence-corrected chi connectivity index (χ4v) is 2.64. The summed E-state index contributed by atoms with van der Waals surface area (Å²) >= 11 is 4.21. The normalized spacial score (nSPS) is 16.9. The quantitative estimate of drug-likeness (QED) is 0.825. The number of ether oxygens (including phenoxy) is 2. The fraction of sp³-hybridized carbons (Fsp3) is 0.368. The van der Waals surface area contributed by atoms with Gasteiger partial charge in [0.05, 0.1) is 19.3 Å². The van der Waals surface area contributed by atoms with Crippen molar-refractivity contribution in [1.29, 1.82) is 0 Å². The van der Waals surface area contributed by atoms with Crippen LogP contribution in [0.1, 0.15) is 12.5 Å². The topological polar surface area (TPSA) is 30.5 Å². The van der Waals surface area contributed by atoms with Crippen LogP contribution in [0.2, 0.25) is 0 Å². The molecule has 24 heavy (non-hydrogen) atoms. The summed E-state index contributed by atoms with van der Waals surface area (Å²) in [4.78, 5) is 0.893. The Kier molecular flexibility index (Phi) is 8.08. The summed E-state index contributed by atoms with van der Waals surface area (Å²) in [5.74, 6) is 0.680. The van der Waals surface area contributed by atoms with Crippen LogP contribution >= 0.6 is 12.6 Å². The van der Waals surface area contributed by atoms with Gasteiger partial charge in [0.2, 0.25) is 0 Å². The van der Waals surface area contributed by atoms with Gasteiger partial charge in [0.25, 0.3) is 0 Å². The van der Waals surface area contributed by atoms with Gasteiger partial charge in [-0.05, 0) is 43.2 Å². The Morgan fingerprint density at radius 2 is 2.08 bits per heavy atom. The number of benzene rings is 2. The fourth-order valence-electron chi connectivity index (χ4n) is 2.41. The summed E-state index contributed by atoms with van der Waals surface area (Å²) in [7, 11) is 0. The molecule has 0 radical (unpaired) electrons. The first kappa shape index (κ1) is 18.8. The zero-order chi connectivity index (χ0) is 17.2.